The largest absolute Gasteiger partial charge is 0.485 e. The predicted octanol–water partition coefficient (Wildman–Crippen LogP) is 2.82. The molecule has 2 aromatic carbocycles. The van der Waals surface area contributed by atoms with Crippen molar-refractivity contribution in [1.29, 1.82) is 0 Å². The molecule has 1 fully saturated rings. The average molecular weight is 378 g/mol. The second-order valence-corrected chi connectivity index (χ2v) is 7.40. The summed E-state index contributed by atoms with van der Waals surface area (Å²) in [4.78, 5) is 26.3. The van der Waals surface area contributed by atoms with E-state index in [4.69, 9.17) is 9.94 Å². The third kappa shape index (κ3) is 3.83. The molecule has 6 nitrogen and oxygen atoms in total. The zero-order valence-corrected chi connectivity index (χ0v) is 15.4. The number of nitrogens with one attached hydrogen (secondary N) is 1. The van der Waals surface area contributed by atoms with Crippen LogP contribution in [0.25, 0.3) is 6.08 Å². The van der Waals surface area contributed by atoms with Gasteiger partial charge in [0.05, 0.1) is 12.0 Å². The van der Waals surface area contributed by atoms with E-state index in [2.05, 4.69) is 17.0 Å². The summed E-state index contributed by atoms with van der Waals surface area (Å²) in [6.45, 7) is 2.48. The van der Waals surface area contributed by atoms with Gasteiger partial charge in [0.15, 0.2) is 5.78 Å². The molecule has 0 radical (unpaired) electrons. The SMILES string of the molecule is O=C(C=Cc1ccc2c(c1)C(=O)CC1(CCN(Cc3ccccc3)C1)O2)NO. The van der Waals surface area contributed by atoms with Crippen LogP contribution in [0.3, 0.4) is 0 Å². The van der Waals surface area contributed by atoms with Crippen molar-refractivity contribution >= 4 is 17.8 Å². The van der Waals surface area contributed by atoms with Crippen molar-refractivity contribution in [3.8, 4) is 5.75 Å². The van der Waals surface area contributed by atoms with Gasteiger partial charge in [0.1, 0.15) is 11.4 Å². The molecule has 28 heavy (non-hydrogen) atoms. The number of hydrogen-bond donors (Lipinski definition) is 2. The van der Waals surface area contributed by atoms with E-state index in [0.717, 1.165) is 26.1 Å². The van der Waals surface area contributed by atoms with Gasteiger partial charge in [0, 0.05) is 32.1 Å². The fourth-order valence-electron chi connectivity index (χ4n) is 3.96. The number of benzene rings is 2. The van der Waals surface area contributed by atoms with Crippen LogP contribution in [-0.2, 0) is 11.3 Å². The number of ketones is 1. The molecular weight excluding hydrogens is 356 g/mol. The van der Waals surface area contributed by atoms with Crippen LogP contribution in [0.4, 0.5) is 0 Å². The zero-order chi connectivity index (χ0) is 19.6. The summed E-state index contributed by atoms with van der Waals surface area (Å²) in [6.07, 6.45) is 3.93. The number of Topliss-reactive ketones (excluding diaryl/α,β-unsaturated/α-hetero) is 1. The summed E-state index contributed by atoms with van der Waals surface area (Å²) >= 11 is 0. The lowest BCUT2D eigenvalue weighted by atomic mass is 9.88. The summed E-state index contributed by atoms with van der Waals surface area (Å²) in [5.74, 6) is 0.0370. The van der Waals surface area contributed by atoms with Crippen molar-refractivity contribution in [2.45, 2.75) is 25.0 Å². The van der Waals surface area contributed by atoms with Gasteiger partial charge in [-0.3, -0.25) is 19.7 Å². The van der Waals surface area contributed by atoms with Crippen molar-refractivity contribution in [2.24, 2.45) is 0 Å². The van der Waals surface area contributed by atoms with Crippen molar-refractivity contribution in [3.05, 3.63) is 71.3 Å². The third-order valence-corrected chi connectivity index (χ3v) is 5.29. The minimum Gasteiger partial charge on any atom is -0.485 e. The van der Waals surface area contributed by atoms with Gasteiger partial charge in [-0.05, 0) is 29.3 Å². The number of rotatable bonds is 4. The van der Waals surface area contributed by atoms with E-state index in [-0.39, 0.29) is 5.78 Å². The molecule has 1 spiro atoms. The average Bonchev–Trinajstić information content (AvgIpc) is 3.08. The highest BCUT2D eigenvalue weighted by Gasteiger charge is 2.45. The van der Waals surface area contributed by atoms with Gasteiger partial charge in [-0.1, -0.05) is 36.4 Å². The Hall–Kier alpha value is -2.96. The number of hydroxylamine groups is 1. The predicted molar refractivity (Wildman–Crippen MR) is 104 cm³/mol. The van der Waals surface area contributed by atoms with Crippen molar-refractivity contribution in [2.75, 3.05) is 13.1 Å². The molecule has 2 aliphatic heterocycles. The lowest BCUT2D eigenvalue weighted by molar-refractivity contribution is -0.124. The molecule has 1 amide bonds. The summed E-state index contributed by atoms with van der Waals surface area (Å²) in [6, 6.07) is 15.6. The molecule has 0 saturated carbocycles. The highest BCUT2D eigenvalue weighted by Crippen LogP contribution is 2.39. The normalized spacial score (nSPS) is 21.7. The van der Waals surface area contributed by atoms with Crippen molar-refractivity contribution < 1.29 is 19.5 Å². The lowest BCUT2D eigenvalue weighted by Crippen LogP contribution is -2.44. The summed E-state index contributed by atoms with van der Waals surface area (Å²) in [7, 11) is 0. The Morgan fingerprint density at radius 2 is 2.07 bits per heavy atom. The number of carbonyl (C=O) groups is 2. The second-order valence-electron chi connectivity index (χ2n) is 7.40. The maximum atomic E-state index is 12.8. The summed E-state index contributed by atoms with van der Waals surface area (Å²) < 4.78 is 6.31. The lowest BCUT2D eigenvalue weighted by Gasteiger charge is -2.35. The fourth-order valence-corrected chi connectivity index (χ4v) is 3.96. The second kappa shape index (κ2) is 7.58. The number of fused-ring (bicyclic) bond motifs is 1. The van der Waals surface area contributed by atoms with Crippen LogP contribution >= 0.6 is 0 Å². The first kappa shape index (κ1) is 18.4. The molecule has 2 heterocycles. The Morgan fingerprint density at radius 1 is 1.25 bits per heavy atom. The highest BCUT2D eigenvalue weighted by atomic mass is 16.5. The zero-order valence-electron chi connectivity index (χ0n) is 15.4. The Balaban J connectivity index is 1.48. The minimum atomic E-state index is -0.622. The molecular formula is C22H22N2O4. The van der Waals surface area contributed by atoms with Gasteiger partial charge in [0.2, 0.25) is 0 Å². The van der Waals surface area contributed by atoms with Crippen molar-refractivity contribution in [1.82, 2.24) is 10.4 Å². The highest BCUT2D eigenvalue weighted by molar-refractivity contribution is 6.01. The quantitative estimate of drug-likeness (QED) is 0.486. The first-order chi connectivity index (χ1) is 13.6. The molecule has 2 aromatic rings. The van der Waals surface area contributed by atoms with Crippen LogP contribution in [0, 0.1) is 0 Å². The Labute approximate surface area is 163 Å². The number of likely N-dealkylation sites (tertiary alicyclic amines) is 1. The molecule has 6 heteroatoms. The Morgan fingerprint density at radius 3 is 2.86 bits per heavy atom. The van der Waals surface area contributed by atoms with Gasteiger partial charge in [-0.15, -0.1) is 0 Å². The van der Waals surface area contributed by atoms with Crippen LogP contribution in [0.15, 0.2) is 54.6 Å². The van der Waals surface area contributed by atoms with Gasteiger partial charge < -0.3 is 4.74 Å². The van der Waals surface area contributed by atoms with Crippen molar-refractivity contribution in [3.63, 3.8) is 0 Å². The smallest absolute Gasteiger partial charge is 0.267 e. The van der Waals surface area contributed by atoms with Gasteiger partial charge in [0.25, 0.3) is 5.91 Å². The molecule has 0 aromatic heterocycles. The van der Waals surface area contributed by atoms with E-state index in [1.165, 1.54) is 17.1 Å². The molecule has 1 saturated heterocycles. The molecule has 0 aliphatic carbocycles. The van der Waals surface area contributed by atoms with Gasteiger partial charge in [-0.2, -0.15) is 0 Å². The number of ether oxygens (including phenoxy) is 1. The summed E-state index contributed by atoms with van der Waals surface area (Å²) in [5.41, 5.74) is 3.57. The van der Waals surface area contributed by atoms with E-state index < -0.39 is 11.5 Å². The van der Waals surface area contributed by atoms with Crippen LogP contribution < -0.4 is 10.2 Å². The molecule has 2 aliphatic rings. The van der Waals surface area contributed by atoms with Crippen LogP contribution in [0.1, 0.15) is 34.3 Å². The molecule has 0 bridgehead atoms. The van der Waals surface area contributed by atoms with E-state index in [9.17, 15) is 9.59 Å². The van der Waals surface area contributed by atoms with Gasteiger partial charge >= 0.3 is 0 Å². The molecule has 1 atom stereocenters. The molecule has 1 unspecified atom stereocenters. The maximum Gasteiger partial charge on any atom is 0.267 e. The van der Waals surface area contributed by atoms with E-state index in [1.807, 2.05) is 18.2 Å². The fraction of sp³-hybridized carbons (Fsp3) is 0.273. The van der Waals surface area contributed by atoms with Crippen LogP contribution in [-0.4, -0.2) is 40.5 Å². The Kier molecular flexibility index (Phi) is 4.98. The van der Waals surface area contributed by atoms with E-state index >= 15 is 0 Å². The van der Waals surface area contributed by atoms with Gasteiger partial charge in [-0.25, -0.2) is 5.48 Å². The minimum absolute atomic E-state index is 0.0599. The summed E-state index contributed by atoms with van der Waals surface area (Å²) in [5, 5.41) is 8.55. The first-order valence-electron chi connectivity index (χ1n) is 9.32. The maximum absolute atomic E-state index is 12.8. The first-order valence-corrected chi connectivity index (χ1v) is 9.32. The molecule has 4 rings (SSSR count). The number of nitrogens with zero attached hydrogens (tertiary/aromatic N) is 1. The third-order valence-electron chi connectivity index (χ3n) is 5.29. The number of hydrogen-bond acceptors (Lipinski definition) is 5. The standard InChI is InChI=1S/C22H22N2O4/c25-19-13-22(10-11-24(15-22)14-17-4-2-1-3-5-17)28-20-8-6-16(12-18(19)20)7-9-21(26)23-27/h1-9,12,27H,10-11,13-15H2,(H,23,26). The number of amides is 1. The van der Waals surface area contributed by atoms with Crippen LogP contribution in [0.5, 0.6) is 5.75 Å². The number of carbonyl (C=O) groups excluding carboxylic acids is 2. The van der Waals surface area contributed by atoms with E-state index in [0.29, 0.717) is 23.3 Å². The van der Waals surface area contributed by atoms with E-state index in [1.54, 1.807) is 24.3 Å². The molecule has 144 valence electrons. The Bertz CT molecular complexity index is 925. The topological polar surface area (TPSA) is 78.9 Å². The monoisotopic (exact) mass is 378 g/mol. The van der Waals surface area contributed by atoms with Crippen LogP contribution in [0.2, 0.25) is 0 Å². The molecule has 2 N–H and O–H groups in total.